The average molecular weight is 244 g/mol. The predicted molar refractivity (Wildman–Crippen MR) is 67.7 cm³/mol. The monoisotopic (exact) mass is 244 g/mol. The maximum absolute atomic E-state index is 13.6. The number of hydrogen-bond donors (Lipinski definition) is 0. The lowest BCUT2D eigenvalue weighted by atomic mass is 10.1. The average Bonchev–Trinajstić information content (AvgIpc) is 2.41. The topological polar surface area (TPSA) is 26.3 Å². The second-order valence-electron chi connectivity index (χ2n) is 3.91. The van der Waals surface area contributed by atoms with Crippen LogP contribution in [0.25, 0.3) is 0 Å². The number of benzene rings is 2. The van der Waals surface area contributed by atoms with Gasteiger partial charge in [0.15, 0.2) is 11.6 Å². The summed E-state index contributed by atoms with van der Waals surface area (Å²) in [4.78, 5) is 10.5. The van der Waals surface area contributed by atoms with Gasteiger partial charge in [0.1, 0.15) is 12.0 Å². The molecule has 0 unspecified atom stereocenters. The zero-order chi connectivity index (χ0) is 13.0. The molecule has 2 aromatic carbocycles. The van der Waals surface area contributed by atoms with E-state index in [1.165, 1.54) is 12.1 Å². The molecule has 0 heterocycles. The van der Waals surface area contributed by atoms with Gasteiger partial charge in [-0.25, -0.2) is 4.39 Å². The summed E-state index contributed by atoms with van der Waals surface area (Å²) in [5, 5.41) is 0. The maximum Gasteiger partial charge on any atom is 0.166 e. The standard InChI is InChI=1S/C15H13FO2/c1-2-11-4-3-5-13(8-11)18-15-7-6-12(10-17)9-14(15)16/h3-10H,2H2,1H3. The van der Waals surface area contributed by atoms with Gasteiger partial charge in [-0.2, -0.15) is 0 Å². The first-order valence-electron chi connectivity index (χ1n) is 5.74. The molecule has 3 heteroatoms. The maximum atomic E-state index is 13.6. The molecule has 0 bridgehead atoms. The lowest BCUT2D eigenvalue weighted by molar-refractivity contribution is 0.112. The van der Waals surface area contributed by atoms with Gasteiger partial charge in [-0.15, -0.1) is 0 Å². The first-order chi connectivity index (χ1) is 8.72. The van der Waals surface area contributed by atoms with E-state index in [1.807, 2.05) is 25.1 Å². The first-order valence-corrected chi connectivity index (χ1v) is 5.74. The molecule has 18 heavy (non-hydrogen) atoms. The van der Waals surface area contributed by atoms with E-state index in [0.29, 0.717) is 17.6 Å². The molecule has 0 amide bonds. The highest BCUT2D eigenvalue weighted by molar-refractivity contribution is 5.75. The normalized spacial score (nSPS) is 10.1. The van der Waals surface area contributed by atoms with Crippen molar-refractivity contribution < 1.29 is 13.9 Å². The fourth-order valence-corrected chi connectivity index (χ4v) is 1.63. The highest BCUT2D eigenvalue weighted by Gasteiger charge is 2.06. The van der Waals surface area contributed by atoms with E-state index in [9.17, 15) is 9.18 Å². The van der Waals surface area contributed by atoms with Crippen molar-refractivity contribution in [2.24, 2.45) is 0 Å². The summed E-state index contributed by atoms with van der Waals surface area (Å²) in [6.45, 7) is 2.04. The van der Waals surface area contributed by atoms with Crippen molar-refractivity contribution >= 4 is 6.29 Å². The molecule has 0 aromatic heterocycles. The van der Waals surface area contributed by atoms with Crippen molar-refractivity contribution in [1.82, 2.24) is 0 Å². The van der Waals surface area contributed by atoms with Crippen molar-refractivity contribution in [1.29, 1.82) is 0 Å². The molecule has 2 aromatic rings. The van der Waals surface area contributed by atoms with Crippen molar-refractivity contribution in [3.63, 3.8) is 0 Å². The first kappa shape index (κ1) is 12.3. The van der Waals surface area contributed by atoms with Crippen molar-refractivity contribution in [2.45, 2.75) is 13.3 Å². The summed E-state index contributed by atoms with van der Waals surface area (Å²) in [6.07, 6.45) is 1.49. The molecule has 0 fully saturated rings. The summed E-state index contributed by atoms with van der Waals surface area (Å²) in [7, 11) is 0. The van der Waals surface area contributed by atoms with Crippen LogP contribution in [0.4, 0.5) is 4.39 Å². The molecular weight excluding hydrogens is 231 g/mol. The van der Waals surface area contributed by atoms with Crippen LogP contribution < -0.4 is 4.74 Å². The number of halogens is 1. The molecule has 2 rings (SSSR count). The zero-order valence-corrected chi connectivity index (χ0v) is 10.0. The minimum atomic E-state index is -0.540. The molecular formula is C15H13FO2. The number of hydrogen-bond acceptors (Lipinski definition) is 2. The largest absolute Gasteiger partial charge is 0.454 e. The van der Waals surface area contributed by atoms with Gasteiger partial charge in [-0.05, 0) is 42.3 Å². The third-order valence-electron chi connectivity index (χ3n) is 2.63. The second-order valence-corrected chi connectivity index (χ2v) is 3.91. The van der Waals surface area contributed by atoms with Crippen LogP contribution in [-0.4, -0.2) is 6.29 Å². The molecule has 0 N–H and O–H groups in total. The molecule has 0 atom stereocenters. The molecule has 0 saturated carbocycles. The molecule has 0 aliphatic heterocycles. The van der Waals surface area contributed by atoms with Crippen LogP contribution in [0.1, 0.15) is 22.8 Å². The minimum Gasteiger partial charge on any atom is -0.454 e. The number of carbonyl (C=O) groups is 1. The Morgan fingerprint density at radius 3 is 2.72 bits per heavy atom. The van der Waals surface area contributed by atoms with E-state index in [-0.39, 0.29) is 5.75 Å². The molecule has 2 nitrogen and oxygen atoms in total. The quantitative estimate of drug-likeness (QED) is 0.760. The highest BCUT2D eigenvalue weighted by atomic mass is 19.1. The number of ether oxygens (including phenoxy) is 1. The lowest BCUT2D eigenvalue weighted by Gasteiger charge is -2.08. The Balaban J connectivity index is 2.25. The number of aldehydes is 1. The number of carbonyl (C=O) groups excluding carboxylic acids is 1. The van der Waals surface area contributed by atoms with Gasteiger partial charge >= 0.3 is 0 Å². The fourth-order valence-electron chi connectivity index (χ4n) is 1.63. The Bertz CT molecular complexity index is 564. The van der Waals surface area contributed by atoms with Gasteiger partial charge in [0, 0.05) is 5.56 Å². The smallest absolute Gasteiger partial charge is 0.166 e. The second kappa shape index (κ2) is 5.45. The Kier molecular flexibility index (Phi) is 3.72. The Labute approximate surface area is 105 Å². The van der Waals surface area contributed by atoms with E-state index in [0.717, 1.165) is 18.1 Å². The Morgan fingerprint density at radius 1 is 1.22 bits per heavy atom. The summed E-state index contributed by atoms with van der Waals surface area (Å²) in [5.41, 5.74) is 1.42. The summed E-state index contributed by atoms with van der Waals surface area (Å²) >= 11 is 0. The van der Waals surface area contributed by atoms with Gasteiger partial charge in [-0.3, -0.25) is 4.79 Å². The molecule has 0 spiro atoms. The van der Waals surface area contributed by atoms with Gasteiger partial charge in [0.2, 0.25) is 0 Å². The van der Waals surface area contributed by atoms with Gasteiger partial charge in [0.05, 0.1) is 0 Å². The van der Waals surface area contributed by atoms with E-state index in [2.05, 4.69) is 0 Å². The molecule has 0 saturated heterocycles. The summed E-state index contributed by atoms with van der Waals surface area (Å²) < 4.78 is 19.1. The van der Waals surface area contributed by atoms with Crippen LogP contribution in [0.15, 0.2) is 42.5 Å². The van der Waals surface area contributed by atoms with Crippen LogP contribution in [-0.2, 0) is 6.42 Å². The number of rotatable bonds is 4. The van der Waals surface area contributed by atoms with Crippen molar-refractivity contribution in [3.05, 3.63) is 59.4 Å². The minimum absolute atomic E-state index is 0.119. The molecule has 0 aliphatic rings. The van der Waals surface area contributed by atoms with Crippen LogP contribution in [0, 0.1) is 5.82 Å². The highest BCUT2D eigenvalue weighted by Crippen LogP contribution is 2.25. The van der Waals surface area contributed by atoms with Crippen molar-refractivity contribution in [2.75, 3.05) is 0 Å². The van der Waals surface area contributed by atoms with Crippen LogP contribution >= 0.6 is 0 Å². The summed E-state index contributed by atoms with van der Waals surface area (Å²) in [6, 6.07) is 11.6. The third-order valence-corrected chi connectivity index (χ3v) is 2.63. The molecule has 0 radical (unpaired) electrons. The fraction of sp³-hybridized carbons (Fsp3) is 0.133. The van der Waals surface area contributed by atoms with E-state index in [4.69, 9.17) is 4.74 Å². The SMILES string of the molecule is CCc1cccc(Oc2ccc(C=O)cc2F)c1. The third kappa shape index (κ3) is 2.74. The Morgan fingerprint density at radius 2 is 2.06 bits per heavy atom. The number of aryl methyl sites for hydroxylation is 1. The van der Waals surface area contributed by atoms with Crippen LogP contribution in [0.5, 0.6) is 11.5 Å². The van der Waals surface area contributed by atoms with Crippen LogP contribution in [0.2, 0.25) is 0 Å². The van der Waals surface area contributed by atoms with Gasteiger partial charge in [-0.1, -0.05) is 19.1 Å². The van der Waals surface area contributed by atoms with E-state index < -0.39 is 5.82 Å². The van der Waals surface area contributed by atoms with Gasteiger partial charge in [0.25, 0.3) is 0 Å². The van der Waals surface area contributed by atoms with Crippen molar-refractivity contribution in [3.8, 4) is 11.5 Å². The predicted octanol–water partition coefficient (Wildman–Crippen LogP) is 3.99. The Hall–Kier alpha value is -2.16. The molecule has 92 valence electrons. The lowest BCUT2D eigenvalue weighted by Crippen LogP contribution is -1.91. The zero-order valence-electron chi connectivity index (χ0n) is 10.0. The van der Waals surface area contributed by atoms with Crippen LogP contribution in [0.3, 0.4) is 0 Å². The van der Waals surface area contributed by atoms with Gasteiger partial charge < -0.3 is 4.74 Å². The summed E-state index contributed by atoms with van der Waals surface area (Å²) in [5.74, 6) is 0.169. The van der Waals surface area contributed by atoms with E-state index in [1.54, 1.807) is 6.07 Å². The molecule has 0 aliphatic carbocycles. The van der Waals surface area contributed by atoms with E-state index >= 15 is 0 Å².